The van der Waals surface area contributed by atoms with E-state index in [1.807, 2.05) is 6.92 Å². The van der Waals surface area contributed by atoms with Crippen molar-refractivity contribution in [2.75, 3.05) is 19.0 Å². The smallest absolute Gasteiger partial charge is 0.337 e. The quantitative estimate of drug-likeness (QED) is 0.841. The van der Waals surface area contributed by atoms with Gasteiger partial charge in [-0.05, 0) is 34.0 Å². The van der Waals surface area contributed by atoms with Crippen molar-refractivity contribution in [3.8, 4) is 0 Å². The third-order valence-electron chi connectivity index (χ3n) is 2.49. The number of halogens is 1. The molecule has 1 unspecified atom stereocenters. The molecule has 0 fully saturated rings. The van der Waals surface area contributed by atoms with Crippen LogP contribution in [0.2, 0.25) is 0 Å². The maximum Gasteiger partial charge on any atom is 0.337 e. The first-order valence-corrected chi connectivity index (χ1v) is 6.55. The van der Waals surface area contributed by atoms with Gasteiger partial charge in [-0.3, -0.25) is 4.79 Å². The second kappa shape index (κ2) is 7.25. The molecule has 5 nitrogen and oxygen atoms in total. The Kier molecular flexibility index (Phi) is 5.98. The standard InChI is InChI=1S/C13H16BrNO4/c1-8(7-19-2)6-11(16)15-12-9(13(17)18)4-3-5-10(12)14/h3-5,8H,6-7H2,1-2H3,(H,15,16)(H,17,18). The van der Waals surface area contributed by atoms with E-state index in [0.717, 1.165) is 0 Å². The van der Waals surface area contributed by atoms with Gasteiger partial charge in [-0.2, -0.15) is 0 Å². The number of aromatic carboxylic acids is 1. The molecule has 0 aliphatic carbocycles. The van der Waals surface area contributed by atoms with Crippen LogP contribution in [-0.4, -0.2) is 30.7 Å². The van der Waals surface area contributed by atoms with Crippen molar-refractivity contribution in [3.63, 3.8) is 0 Å². The fraction of sp³-hybridized carbons (Fsp3) is 0.385. The van der Waals surface area contributed by atoms with Crippen molar-refractivity contribution in [2.45, 2.75) is 13.3 Å². The maximum atomic E-state index is 11.8. The Morgan fingerprint density at radius 1 is 1.47 bits per heavy atom. The van der Waals surface area contributed by atoms with Crippen LogP contribution in [0, 0.1) is 5.92 Å². The van der Waals surface area contributed by atoms with Gasteiger partial charge in [-0.25, -0.2) is 4.79 Å². The van der Waals surface area contributed by atoms with Crippen LogP contribution in [0.5, 0.6) is 0 Å². The Morgan fingerprint density at radius 2 is 2.16 bits per heavy atom. The number of nitrogens with one attached hydrogen (secondary N) is 1. The number of carboxylic acids is 1. The summed E-state index contributed by atoms with van der Waals surface area (Å²) in [7, 11) is 1.57. The molecular weight excluding hydrogens is 314 g/mol. The molecule has 0 aliphatic rings. The van der Waals surface area contributed by atoms with Crippen LogP contribution in [0.1, 0.15) is 23.7 Å². The Bertz CT molecular complexity index is 476. The lowest BCUT2D eigenvalue weighted by atomic mass is 10.1. The van der Waals surface area contributed by atoms with Crippen LogP contribution in [0.25, 0.3) is 0 Å². The molecule has 1 rings (SSSR count). The zero-order chi connectivity index (χ0) is 14.4. The minimum Gasteiger partial charge on any atom is -0.478 e. The number of amides is 1. The lowest BCUT2D eigenvalue weighted by Gasteiger charge is -2.13. The van der Waals surface area contributed by atoms with Crippen molar-refractivity contribution in [2.24, 2.45) is 5.92 Å². The number of carboxylic acid groups (broad SMARTS) is 1. The van der Waals surface area contributed by atoms with Crippen molar-refractivity contribution >= 4 is 33.5 Å². The van der Waals surface area contributed by atoms with Gasteiger partial charge in [0, 0.05) is 24.6 Å². The molecule has 104 valence electrons. The molecule has 0 spiro atoms. The first-order valence-electron chi connectivity index (χ1n) is 5.76. The van der Waals surface area contributed by atoms with Crippen LogP contribution < -0.4 is 5.32 Å². The number of carbonyl (C=O) groups excluding carboxylic acids is 1. The third kappa shape index (κ3) is 4.65. The van der Waals surface area contributed by atoms with Gasteiger partial charge in [0.1, 0.15) is 0 Å². The summed E-state index contributed by atoms with van der Waals surface area (Å²) in [5, 5.41) is 11.7. The van der Waals surface area contributed by atoms with E-state index in [-0.39, 0.29) is 29.5 Å². The van der Waals surface area contributed by atoms with E-state index >= 15 is 0 Å². The fourth-order valence-electron chi connectivity index (χ4n) is 1.68. The number of para-hydroxylation sites is 1. The first-order chi connectivity index (χ1) is 8.95. The molecule has 0 saturated carbocycles. The lowest BCUT2D eigenvalue weighted by molar-refractivity contribution is -0.117. The van der Waals surface area contributed by atoms with Gasteiger partial charge in [0.15, 0.2) is 0 Å². The Balaban J connectivity index is 2.82. The van der Waals surface area contributed by atoms with Crippen LogP contribution >= 0.6 is 15.9 Å². The largest absolute Gasteiger partial charge is 0.478 e. The predicted molar refractivity (Wildman–Crippen MR) is 75.4 cm³/mol. The third-order valence-corrected chi connectivity index (χ3v) is 3.15. The summed E-state index contributed by atoms with van der Waals surface area (Å²) in [6, 6.07) is 4.73. The molecule has 0 bridgehead atoms. The van der Waals surface area contributed by atoms with Gasteiger partial charge in [-0.1, -0.05) is 13.0 Å². The molecule has 1 aromatic rings. The van der Waals surface area contributed by atoms with Gasteiger partial charge in [0.2, 0.25) is 5.91 Å². The number of carbonyl (C=O) groups is 2. The van der Waals surface area contributed by atoms with Gasteiger partial charge in [0.25, 0.3) is 0 Å². The lowest BCUT2D eigenvalue weighted by Crippen LogP contribution is -2.19. The number of rotatable bonds is 6. The summed E-state index contributed by atoms with van der Waals surface area (Å²) in [6.07, 6.45) is 0.272. The van der Waals surface area contributed by atoms with E-state index in [4.69, 9.17) is 9.84 Å². The monoisotopic (exact) mass is 329 g/mol. The SMILES string of the molecule is COCC(C)CC(=O)Nc1c(Br)cccc1C(=O)O. The Hall–Kier alpha value is -1.40. The summed E-state index contributed by atoms with van der Waals surface area (Å²) in [5.41, 5.74) is 0.340. The molecule has 0 heterocycles. The van der Waals surface area contributed by atoms with E-state index in [9.17, 15) is 9.59 Å². The highest BCUT2D eigenvalue weighted by Gasteiger charge is 2.16. The summed E-state index contributed by atoms with van der Waals surface area (Å²) < 4.78 is 5.50. The van der Waals surface area contributed by atoms with E-state index in [1.165, 1.54) is 6.07 Å². The summed E-state index contributed by atoms with van der Waals surface area (Å²) in [5.74, 6) is -1.25. The molecule has 1 atom stereocenters. The molecular formula is C13H16BrNO4. The van der Waals surface area contributed by atoms with Gasteiger partial charge < -0.3 is 15.2 Å². The molecule has 0 aromatic heterocycles. The highest BCUT2D eigenvalue weighted by Crippen LogP contribution is 2.27. The zero-order valence-corrected chi connectivity index (χ0v) is 12.4. The van der Waals surface area contributed by atoms with Gasteiger partial charge in [-0.15, -0.1) is 0 Å². The fourth-order valence-corrected chi connectivity index (χ4v) is 2.15. The number of ether oxygens (including phenoxy) is 1. The maximum absolute atomic E-state index is 11.8. The second-order valence-corrected chi connectivity index (χ2v) is 5.13. The molecule has 2 N–H and O–H groups in total. The normalized spacial score (nSPS) is 11.9. The zero-order valence-electron chi connectivity index (χ0n) is 10.8. The molecule has 0 saturated heterocycles. The molecule has 6 heteroatoms. The minimum atomic E-state index is -1.08. The second-order valence-electron chi connectivity index (χ2n) is 4.28. The molecule has 19 heavy (non-hydrogen) atoms. The van der Waals surface area contributed by atoms with Crippen molar-refractivity contribution in [1.82, 2.24) is 0 Å². The van der Waals surface area contributed by atoms with Gasteiger partial charge in [0.05, 0.1) is 11.3 Å². The highest BCUT2D eigenvalue weighted by atomic mass is 79.9. The van der Waals surface area contributed by atoms with Crippen LogP contribution in [0.3, 0.4) is 0 Å². The van der Waals surface area contributed by atoms with Crippen LogP contribution in [-0.2, 0) is 9.53 Å². The summed E-state index contributed by atoms with van der Waals surface area (Å²) in [4.78, 5) is 22.9. The van der Waals surface area contributed by atoms with Crippen LogP contribution in [0.15, 0.2) is 22.7 Å². The minimum absolute atomic E-state index is 0.0575. The predicted octanol–water partition coefficient (Wildman–Crippen LogP) is 2.76. The van der Waals surface area contributed by atoms with Crippen molar-refractivity contribution in [1.29, 1.82) is 0 Å². The van der Waals surface area contributed by atoms with Crippen molar-refractivity contribution < 1.29 is 19.4 Å². The first kappa shape index (κ1) is 15.7. The molecule has 1 amide bonds. The molecule has 0 aliphatic heterocycles. The van der Waals surface area contributed by atoms with E-state index in [0.29, 0.717) is 11.1 Å². The summed E-state index contributed by atoms with van der Waals surface area (Å²) in [6.45, 7) is 2.37. The van der Waals surface area contributed by atoms with Gasteiger partial charge >= 0.3 is 5.97 Å². The number of benzene rings is 1. The Morgan fingerprint density at radius 3 is 2.74 bits per heavy atom. The van der Waals surface area contributed by atoms with E-state index in [2.05, 4.69) is 21.2 Å². The number of methoxy groups -OCH3 is 1. The average molecular weight is 330 g/mol. The number of hydrogen-bond donors (Lipinski definition) is 2. The topological polar surface area (TPSA) is 75.6 Å². The van der Waals surface area contributed by atoms with E-state index in [1.54, 1.807) is 19.2 Å². The average Bonchev–Trinajstić information content (AvgIpc) is 2.31. The number of hydrogen-bond acceptors (Lipinski definition) is 3. The van der Waals surface area contributed by atoms with Crippen molar-refractivity contribution in [3.05, 3.63) is 28.2 Å². The Labute approximate surface area is 120 Å². The molecule has 0 radical (unpaired) electrons. The summed E-state index contributed by atoms with van der Waals surface area (Å²) >= 11 is 3.24. The van der Waals surface area contributed by atoms with Crippen LogP contribution in [0.4, 0.5) is 5.69 Å². The van der Waals surface area contributed by atoms with E-state index < -0.39 is 5.97 Å². The number of anilines is 1. The molecule has 1 aromatic carbocycles. The highest BCUT2D eigenvalue weighted by molar-refractivity contribution is 9.10.